The van der Waals surface area contributed by atoms with Crippen molar-refractivity contribution in [3.05, 3.63) is 37.0 Å². The number of allylic oxidation sites excluding steroid dienone is 3. The van der Waals surface area contributed by atoms with E-state index in [9.17, 15) is 0 Å². The molecule has 0 aliphatic carbocycles. The highest BCUT2D eigenvalue weighted by Gasteiger charge is 2.10. The van der Waals surface area contributed by atoms with Gasteiger partial charge in [-0.3, -0.25) is 0 Å². The summed E-state index contributed by atoms with van der Waals surface area (Å²) in [6, 6.07) is 0. The molecule has 0 heterocycles. The maximum absolute atomic E-state index is 5.68. The van der Waals surface area contributed by atoms with Crippen molar-refractivity contribution in [3.8, 4) is 0 Å². The fourth-order valence-corrected chi connectivity index (χ4v) is 3.33. The first-order valence-electron chi connectivity index (χ1n) is 11.6. The molecule has 0 aliphatic heterocycles. The fraction of sp³-hybridized carbons (Fsp3) is 0.750. The predicted octanol–water partition coefficient (Wildman–Crippen LogP) is 9.72. The lowest BCUT2D eigenvalue weighted by molar-refractivity contribution is 0.302. The van der Waals surface area contributed by atoms with E-state index in [0.29, 0.717) is 0 Å². The first kappa shape index (κ1) is 27.0. The van der Waals surface area contributed by atoms with Crippen LogP contribution in [-0.4, -0.2) is 0 Å². The van der Waals surface area contributed by atoms with E-state index >= 15 is 0 Å². The summed E-state index contributed by atoms with van der Waals surface area (Å²) in [5.41, 5.74) is 0. The monoisotopic (exact) mass is 412 g/mol. The van der Waals surface area contributed by atoms with Crippen LogP contribution in [0.1, 0.15) is 117 Å². The minimum Gasteiger partial charge on any atom is -0.417 e. The molecule has 0 saturated heterocycles. The summed E-state index contributed by atoms with van der Waals surface area (Å²) in [7, 11) is -1.40. The average Bonchev–Trinajstić information content (AvgIpc) is 2.71. The highest BCUT2D eigenvalue weighted by molar-refractivity contribution is 7.42. The topological polar surface area (TPSA) is 27.7 Å². The maximum Gasteiger partial charge on any atom is 0.528 e. The number of unbranched alkanes of at least 4 members (excludes halogenated alkanes) is 12. The molecule has 0 aromatic rings. The van der Waals surface area contributed by atoms with Crippen molar-refractivity contribution < 1.29 is 13.6 Å². The second-order valence-corrected chi connectivity index (χ2v) is 8.28. The van der Waals surface area contributed by atoms with E-state index in [1.807, 2.05) is 0 Å². The highest BCUT2D eigenvalue weighted by atomic mass is 31.2. The van der Waals surface area contributed by atoms with Gasteiger partial charge in [0.25, 0.3) is 0 Å². The van der Waals surface area contributed by atoms with Crippen LogP contribution in [0.4, 0.5) is 0 Å². The molecule has 28 heavy (non-hydrogen) atoms. The van der Waals surface area contributed by atoms with E-state index in [1.165, 1.54) is 77.0 Å². The number of hydrogen-bond acceptors (Lipinski definition) is 3. The van der Waals surface area contributed by atoms with Crippen LogP contribution in [0.3, 0.4) is 0 Å². The van der Waals surface area contributed by atoms with E-state index in [4.69, 9.17) is 13.6 Å². The van der Waals surface area contributed by atoms with E-state index in [0.717, 1.165) is 19.3 Å². The third-order valence-electron chi connectivity index (χ3n) is 4.40. The molecular weight excluding hydrogens is 367 g/mol. The maximum atomic E-state index is 5.68. The molecular formula is C24H45O3P. The minimum absolute atomic E-state index is 1.05. The molecule has 0 aromatic heterocycles. The van der Waals surface area contributed by atoms with Crippen LogP contribution in [0.25, 0.3) is 0 Å². The zero-order valence-electron chi connectivity index (χ0n) is 18.7. The van der Waals surface area contributed by atoms with Gasteiger partial charge in [-0.15, -0.1) is 0 Å². The highest BCUT2D eigenvalue weighted by Crippen LogP contribution is 2.40. The largest absolute Gasteiger partial charge is 0.528 e. The van der Waals surface area contributed by atoms with Crippen molar-refractivity contribution in [1.29, 1.82) is 0 Å². The van der Waals surface area contributed by atoms with Gasteiger partial charge in [0.2, 0.25) is 0 Å². The molecule has 0 amide bonds. The van der Waals surface area contributed by atoms with Gasteiger partial charge in [-0.25, -0.2) is 0 Å². The van der Waals surface area contributed by atoms with Crippen LogP contribution in [0.5, 0.6) is 0 Å². The molecule has 0 bridgehead atoms. The van der Waals surface area contributed by atoms with Gasteiger partial charge in [0.05, 0.1) is 18.8 Å². The van der Waals surface area contributed by atoms with E-state index in [-0.39, 0.29) is 0 Å². The standard InChI is InChI=1S/C24H45O3P/c1-4-7-10-13-16-19-22-25-28(26-23-20-17-14-11-8-5-2)27-24-21-18-15-12-9-6-3/h19-24H,4-18H2,1-3H3. The lowest BCUT2D eigenvalue weighted by Crippen LogP contribution is -1.83. The molecule has 0 aliphatic rings. The Bertz CT molecular complexity index is 323. The summed E-state index contributed by atoms with van der Waals surface area (Å²) in [5.74, 6) is 0. The predicted molar refractivity (Wildman–Crippen MR) is 124 cm³/mol. The van der Waals surface area contributed by atoms with Crippen molar-refractivity contribution in [1.82, 2.24) is 0 Å². The zero-order valence-corrected chi connectivity index (χ0v) is 19.6. The Balaban J connectivity index is 4.12. The van der Waals surface area contributed by atoms with Crippen LogP contribution in [0, 0.1) is 0 Å². The van der Waals surface area contributed by atoms with Crippen LogP contribution in [0.15, 0.2) is 37.0 Å². The Hall–Kier alpha value is -0.950. The summed E-state index contributed by atoms with van der Waals surface area (Å²) in [6.07, 6.45) is 29.8. The molecule has 0 unspecified atom stereocenters. The number of rotatable bonds is 21. The summed E-state index contributed by atoms with van der Waals surface area (Å²) < 4.78 is 17.0. The van der Waals surface area contributed by atoms with Crippen molar-refractivity contribution in [2.24, 2.45) is 0 Å². The Kier molecular flexibility index (Phi) is 23.3. The summed E-state index contributed by atoms with van der Waals surface area (Å²) in [6.45, 7) is 6.69. The van der Waals surface area contributed by atoms with Crippen molar-refractivity contribution in [2.45, 2.75) is 117 Å². The van der Waals surface area contributed by atoms with Crippen LogP contribution >= 0.6 is 8.60 Å². The molecule has 0 aromatic carbocycles. The Morgan fingerprint density at radius 1 is 0.464 bits per heavy atom. The zero-order chi connectivity index (χ0) is 20.5. The SMILES string of the molecule is CCCCCCC=COP(OC=CCCCCCC)OC=CCCCCCC. The third-order valence-corrected chi connectivity index (χ3v) is 5.28. The molecule has 0 saturated carbocycles. The van der Waals surface area contributed by atoms with E-state index < -0.39 is 8.60 Å². The van der Waals surface area contributed by atoms with Gasteiger partial charge in [0, 0.05) is 0 Å². The first-order chi connectivity index (χ1) is 13.8. The Labute approximate surface area is 176 Å². The van der Waals surface area contributed by atoms with Crippen molar-refractivity contribution in [2.75, 3.05) is 0 Å². The smallest absolute Gasteiger partial charge is 0.417 e. The van der Waals surface area contributed by atoms with E-state index in [2.05, 4.69) is 39.0 Å². The summed E-state index contributed by atoms with van der Waals surface area (Å²) >= 11 is 0. The third kappa shape index (κ3) is 21.4. The summed E-state index contributed by atoms with van der Waals surface area (Å²) in [4.78, 5) is 0. The summed E-state index contributed by atoms with van der Waals surface area (Å²) in [5, 5.41) is 0. The van der Waals surface area contributed by atoms with Gasteiger partial charge in [-0.05, 0) is 56.8 Å². The molecule has 0 rings (SSSR count). The van der Waals surface area contributed by atoms with Gasteiger partial charge in [0.15, 0.2) is 0 Å². The Morgan fingerprint density at radius 2 is 0.786 bits per heavy atom. The van der Waals surface area contributed by atoms with Gasteiger partial charge < -0.3 is 13.6 Å². The fourth-order valence-electron chi connectivity index (χ4n) is 2.62. The molecule has 0 fully saturated rings. The molecule has 0 N–H and O–H groups in total. The Morgan fingerprint density at radius 3 is 1.07 bits per heavy atom. The lowest BCUT2D eigenvalue weighted by Gasteiger charge is -2.11. The van der Waals surface area contributed by atoms with Gasteiger partial charge in [0.1, 0.15) is 0 Å². The quantitative estimate of drug-likeness (QED) is 0.107. The van der Waals surface area contributed by atoms with E-state index in [1.54, 1.807) is 18.8 Å². The minimum atomic E-state index is -1.40. The van der Waals surface area contributed by atoms with Gasteiger partial charge in [-0.1, -0.05) is 78.6 Å². The van der Waals surface area contributed by atoms with Crippen molar-refractivity contribution >= 4 is 8.60 Å². The molecule has 0 atom stereocenters. The number of hydrogen-bond donors (Lipinski definition) is 0. The second-order valence-electron chi connectivity index (χ2n) is 7.20. The van der Waals surface area contributed by atoms with Gasteiger partial charge >= 0.3 is 8.60 Å². The molecule has 164 valence electrons. The molecule has 3 nitrogen and oxygen atoms in total. The van der Waals surface area contributed by atoms with Gasteiger partial charge in [-0.2, -0.15) is 0 Å². The molecule has 0 radical (unpaired) electrons. The first-order valence-corrected chi connectivity index (χ1v) is 12.7. The second kappa shape index (κ2) is 24.1. The lowest BCUT2D eigenvalue weighted by atomic mass is 10.2. The van der Waals surface area contributed by atoms with Crippen LogP contribution in [0.2, 0.25) is 0 Å². The molecule has 0 spiro atoms. The van der Waals surface area contributed by atoms with Crippen molar-refractivity contribution in [3.63, 3.8) is 0 Å². The normalized spacial score (nSPS) is 13.0. The molecule has 4 heteroatoms. The average molecular weight is 413 g/mol. The van der Waals surface area contributed by atoms with Crippen LogP contribution < -0.4 is 0 Å². The van der Waals surface area contributed by atoms with Crippen LogP contribution in [-0.2, 0) is 13.6 Å².